The lowest BCUT2D eigenvalue weighted by molar-refractivity contribution is 0.480. The third-order valence-corrected chi connectivity index (χ3v) is 0.779. The van der Waals surface area contributed by atoms with E-state index in [1.807, 2.05) is 11.9 Å². The molecule has 40 valence electrons. The fraction of sp³-hybridized carbons (Fsp3) is 0.667. The molecule has 0 atom stereocenters. The molecule has 0 aliphatic rings. The van der Waals surface area contributed by atoms with Crippen molar-refractivity contribution in [1.29, 1.82) is 0 Å². The van der Waals surface area contributed by atoms with Gasteiger partial charge in [0.2, 0.25) is 0 Å². The molecule has 7 heavy (non-hydrogen) atoms. The first kappa shape index (κ1) is 6.36. The lowest BCUT2D eigenvalue weighted by Crippen LogP contribution is -2.10. The summed E-state index contributed by atoms with van der Waals surface area (Å²) in [7, 11) is 1.91. The number of hydrogen-bond donors (Lipinski definition) is 0. The van der Waals surface area contributed by atoms with Gasteiger partial charge in [-0.3, -0.25) is 0 Å². The molecular formula is C6H11N. The van der Waals surface area contributed by atoms with E-state index in [1.54, 1.807) is 0 Å². The summed E-state index contributed by atoms with van der Waals surface area (Å²) >= 11 is 0. The van der Waals surface area contributed by atoms with Gasteiger partial charge in [-0.2, -0.15) is 0 Å². The standard InChI is InChI=1S/C6H11N/c1-4-6-7(3)5-2/h2H,4,6H2,1,3H3. The average Bonchev–Trinajstić information content (AvgIpc) is 1.68. The first-order valence-electron chi connectivity index (χ1n) is 2.48. The smallest absolute Gasteiger partial charge is 0.0254 e. The van der Waals surface area contributed by atoms with Crippen LogP contribution in [0.15, 0.2) is 0 Å². The van der Waals surface area contributed by atoms with Crippen LogP contribution in [0.25, 0.3) is 0 Å². The molecule has 0 heterocycles. The predicted octanol–water partition coefficient (Wildman–Crippen LogP) is 0.919. The van der Waals surface area contributed by atoms with E-state index in [2.05, 4.69) is 13.0 Å². The summed E-state index contributed by atoms with van der Waals surface area (Å²) in [5.41, 5.74) is 0. The third-order valence-electron chi connectivity index (χ3n) is 0.779. The molecule has 0 rings (SSSR count). The molecule has 0 aromatic carbocycles. The van der Waals surface area contributed by atoms with Crippen LogP contribution in [0, 0.1) is 12.5 Å². The number of nitrogens with zero attached hydrogens (tertiary/aromatic N) is 1. The minimum Gasteiger partial charge on any atom is -0.336 e. The number of terminal acetylenes is 1. The van der Waals surface area contributed by atoms with Gasteiger partial charge in [-0.25, -0.2) is 0 Å². The summed E-state index contributed by atoms with van der Waals surface area (Å²) < 4.78 is 0. The van der Waals surface area contributed by atoms with Crippen molar-refractivity contribution in [2.45, 2.75) is 13.3 Å². The van der Waals surface area contributed by atoms with Gasteiger partial charge >= 0.3 is 0 Å². The van der Waals surface area contributed by atoms with E-state index < -0.39 is 0 Å². The largest absolute Gasteiger partial charge is 0.336 e. The Balaban J connectivity index is 3.04. The van der Waals surface area contributed by atoms with Gasteiger partial charge in [0.05, 0.1) is 0 Å². The van der Waals surface area contributed by atoms with Gasteiger partial charge in [-0.1, -0.05) is 13.3 Å². The maximum atomic E-state index is 5.03. The van der Waals surface area contributed by atoms with Gasteiger partial charge < -0.3 is 4.90 Å². The highest BCUT2D eigenvalue weighted by atomic mass is 15.1. The zero-order valence-electron chi connectivity index (χ0n) is 4.94. The van der Waals surface area contributed by atoms with Crippen LogP contribution in [-0.4, -0.2) is 18.5 Å². The van der Waals surface area contributed by atoms with Crippen LogP contribution in [0.5, 0.6) is 0 Å². The molecular weight excluding hydrogens is 86.1 g/mol. The SMILES string of the molecule is C#CN(C)CCC. The quantitative estimate of drug-likeness (QED) is 0.366. The molecule has 0 N–H and O–H groups in total. The van der Waals surface area contributed by atoms with Crippen LogP contribution in [0.2, 0.25) is 0 Å². The summed E-state index contributed by atoms with van der Waals surface area (Å²) in [5.74, 6) is 0. The van der Waals surface area contributed by atoms with Crippen molar-refractivity contribution in [2.24, 2.45) is 0 Å². The Morgan fingerprint density at radius 1 is 1.71 bits per heavy atom. The molecule has 0 unspecified atom stereocenters. The Kier molecular flexibility index (Phi) is 3.22. The van der Waals surface area contributed by atoms with Crippen molar-refractivity contribution in [3.63, 3.8) is 0 Å². The molecule has 1 heteroatoms. The highest BCUT2D eigenvalue weighted by Crippen LogP contribution is 1.79. The first-order chi connectivity index (χ1) is 3.31. The van der Waals surface area contributed by atoms with Crippen LogP contribution in [0.4, 0.5) is 0 Å². The third kappa shape index (κ3) is 3.18. The monoisotopic (exact) mass is 97.1 g/mol. The molecule has 0 amide bonds. The highest BCUT2D eigenvalue weighted by Gasteiger charge is 1.81. The van der Waals surface area contributed by atoms with Crippen molar-refractivity contribution in [3.05, 3.63) is 0 Å². The van der Waals surface area contributed by atoms with Crippen molar-refractivity contribution >= 4 is 0 Å². The molecule has 0 spiro atoms. The Hall–Kier alpha value is -0.640. The van der Waals surface area contributed by atoms with E-state index in [0.29, 0.717) is 0 Å². The molecule has 0 fully saturated rings. The van der Waals surface area contributed by atoms with Crippen molar-refractivity contribution in [3.8, 4) is 12.5 Å². The normalized spacial score (nSPS) is 7.57. The molecule has 1 nitrogen and oxygen atoms in total. The van der Waals surface area contributed by atoms with E-state index >= 15 is 0 Å². The minimum atomic E-state index is 0.997. The van der Waals surface area contributed by atoms with Gasteiger partial charge in [-0.05, 0) is 6.42 Å². The second-order valence-electron chi connectivity index (χ2n) is 1.55. The van der Waals surface area contributed by atoms with E-state index in [1.165, 1.54) is 0 Å². The van der Waals surface area contributed by atoms with Crippen LogP contribution < -0.4 is 0 Å². The minimum absolute atomic E-state index is 0.997. The van der Waals surface area contributed by atoms with Crippen LogP contribution in [-0.2, 0) is 0 Å². The van der Waals surface area contributed by atoms with Crippen molar-refractivity contribution < 1.29 is 0 Å². The van der Waals surface area contributed by atoms with Crippen LogP contribution >= 0.6 is 0 Å². The van der Waals surface area contributed by atoms with Gasteiger partial charge in [0.1, 0.15) is 0 Å². The Labute approximate surface area is 45.3 Å². The lowest BCUT2D eigenvalue weighted by atomic mass is 10.5. The molecule has 0 saturated carbocycles. The summed E-state index contributed by atoms with van der Waals surface area (Å²) in [4.78, 5) is 1.83. The summed E-state index contributed by atoms with van der Waals surface area (Å²) in [5, 5.41) is 0. The Morgan fingerprint density at radius 3 is 2.43 bits per heavy atom. The fourth-order valence-corrected chi connectivity index (χ4v) is 0.400. The van der Waals surface area contributed by atoms with Crippen LogP contribution in [0.3, 0.4) is 0 Å². The number of rotatable bonds is 2. The second kappa shape index (κ2) is 3.55. The molecule has 0 aromatic heterocycles. The zero-order valence-corrected chi connectivity index (χ0v) is 4.94. The molecule has 0 aliphatic heterocycles. The van der Waals surface area contributed by atoms with E-state index in [9.17, 15) is 0 Å². The van der Waals surface area contributed by atoms with Crippen molar-refractivity contribution in [1.82, 2.24) is 4.90 Å². The molecule has 0 radical (unpaired) electrons. The van der Waals surface area contributed by atoms with Crippen molar-refractivity contribution in [2.75, 3.05) is 13.6 Å². The fourth-order valence-electron chi connectivity index (χ4n) is 0.400. The van der Waals surface area contributed by atoms with E-state index in [0.717, 1.165) is 13.0 Å². The second-order valence-corrected chi connectivity index (χ2v) is 1.55. The average molecular weight is 97.2 g/mol. The van der Waals surface area contributed by atoms with Gasteiger partial charge in [0, 0.05) is 19.6 Å². The lowest BCUT2D eigenvalue weighted by Gasteiger charge is -2.05. The summed E-state index contributed by atoms with van der Waals surface area (Å²) in [6.45, 7) is 3.10. The van der Waals surface area contributed by atoms with Crippen LogP contribution in [0.1, 0.15) is 13.3 Å². The summed E-state index contributed by atoms with van der Waals surface area (Å²) in [6.07, 6.45) is 6.16. The molecule has 0 aromatic rings. The Morgan fingerprint density at radius 2 is 2.29 bits per heavy atom. The van der Waals surface area contributed by atoms with E-state index in [4.69, 9.17) is 6.42 Å². The predicted molar refractivity (Wildman–Crippen MR) is 31.8 cm³/mol. The number of hydrogen-bond acceptors (Lipinski definition) is 1. The topological polar surface area (TPSA) is 3.24 Å². The molecule has 0 bridgehead atoms. The maximum Gasteiger partial charge on any atom is 0.0254 e. The van der Waals surface area contributed by atoms with Gasteiger partial charge in [0.15, 0.2) is 0 Å². The van der Waals surface area contributed by atoms with E-state index in [-0.39, 0.29) is 0 Å². The zero-order chi connectivity index (χ0) is 5.70. The van der Waals surface area contributed by atoms with Gasteiger partial charge in [0.25, 0.3) is 0 Å². The molecule has 0 saturated heterocycles. The maximum absolute atomic E-state index is 5.03. The van der Waals surface area contributed by atoms with Gasteiger partial charge in [-0.15, -0.1) is 0 Å². The summed E-state index contributed by atoms with van der Waals surface area (Å²) in [6, 6.07) is 2.50. The highest BCUT2D eigenvalue weighted by molar-refractivity contribution is 4.81. The first-order valence-corrected chi connectivity index (χ1v) is 2.48. The Bertz CT molecular complexity index is 70.7. The molecule has 0 aliphatic carbocycles.